The molecule has 0 saturated carbocycles. The molecule has 0 saturated heterocycles. The van der Waals surface area contributed by atoms with E-state index in [0.29, 0.717) is 0 Å². The second-order valence-corrected chi connectivity index (χ2v) is 6.25. The third kappa shape index (κ3) is 1.87. The summed E-state index contributed by atoms with van der Waals surface area (Å²) in [7, 11) is 0. The smallest absolute Gasteiger partial charge is 0.195 e. The molecule has 0 aliphatic rings. The molecule has 0 atom stereocenters. The fourth-order valence-electron chi connectivity index (χ4n) is 2.70. The number of halogens is 1. The zero-order chi connectivity index (χ0) is 14.6. The minimum absolute atomic E-state index is 0.224. The first-order valence-corrected chi connectivity index (χ1v) is 7.59. The van der Waals surface area contributed by atoms with Gasteiger partial charge in [-0.25, -0.2) is 9.37 Å². The average molecular weight is 296 g/mol. The molecule has 0 radical (unpaired) electrons. The van der Waals surface area contributed by atoms with Crippen LogP contribution in [0.3, 0.4) is 0 Å². The minimum atomic E-state index is -0.224. The molecule has 2 nitrogen and oxygen atoms in total. The molecule has 2 aromatic heterocycles. The van der Waals surface area contributed by atoms with E-state index in [0.717, 1.165) is 21.9 Å². The summed E-state index contributed by atoms with van der Waals surface area (Å²) in [5.74, 6) is -0.224. The quantitative estimate of drug-likeness (QED) is 0.484. The lowest BCUT2D eigenvalue weighted by molar-refractivity contribution is 0.628. The van der Waals surface area contributed by atoms with Gasteiger partial charge < -0.3 is 0 Å². The van der Waals surface area contributed by atoms with Crippen molar-refractivity contribution in [3.05, 3.63) is 59.5 Å². The van der Waals surface area contributed by atoms with Crippen molar-refractivity contribution in [3.8, 4) is 11.3 Å². The number of rotatable bonds is 1. The van der Waals surface area contributed by atoms with Crippen LogP contribution in [-0.2, 0) is 0 Å². The Morgan fingerprint density at radius 1 is 1.05 bits per heavy atom. The molecule has 21 heavy (non-hydrogen) atoms. The number of hydrogen-bond donors (Lipinski definition) is 0. The second-order valence-electron chi connectivity index (χ2n) is 5.24. The third-order valence-electron chi connectivity index (χ3n) is 3.75. The van der Waals surface area contributed by atoms with Gasteiger partial charge in [-0.2, -0.15) is 0 Å². The highest BCUT2D eigenvalue weighted by Gasteiger charge is 2.15. The molecular weight excluding hydrogens is 283 g/mol. The van der Waals surface area contributed by atoms with Crippen molar-refractivity contribution >= 4 is 26.5 Å². The van der Waals surface area contributed by atoms with Gasteiger partial charge in [0.05, 0.1) is 15.9 Å². The van der Waals surface area contributed by atoms with Gasteiger partial charge >= 0.3 is 0 Å². The van der Waals surface area contributed by atoms with Gasteiger partial charge in [-0.15, -0.1) is 0 Å². The Morgan fingerprint density at radius 3 is 2.57 bits per heavy atom. The normalized spacial score (nSPS) is 11.6. The zero-order valence-electron chi connectivity index (χ0n) is 11.7. The Morgan fingerprint density at radius 2 is 1.81 bits per heavy atom. The summed E-state index contributed by atoms with van der Waals surface area (Å²) in [6.45, 7) is 4.16. The highest BCUT2D eigenvalue weighted by atomic mass is 32.1. The van der Waals surface area contributed by atoms with Gasteiger partial charge in [0.15, 0.2) is 4.96 Å². The predicted octanol–water partition coefficient (Wildman–Crippen LogP) is 4.97. The first kappa shape index (κ1) is 12.5. The number of nitrogens with zero attached hydrogens (tertiary/aromatic N) is 2. The molecule has 0 spiro atoms. The lowest BCUT2D eigenvalue weighted by Crippen LogP contribution is -1.87. The maximum absolute atomic E-state index is 13.1. The van der Waals surface area contributed by atoms with E-state index in [4.69, 9.17) is 4.98 Å². The molecule has 0 unspecified atom stereocenters. The van der Waals surface area contributed by atoms with Crippen LogP contribution in [0.15, 0.2) is 42.5 Å². The molecule has 2 heterocycles. The number of aromatic nitrogens is 2. The van der Waals surface area contributed by atoms with E-state index in [1.807, 2.05) is 0 Å². The summed E-state index contributed by atoms with van der Waals surface area (Å²) in [6.07, 6.45) is 0. The van der Waals surface area contributed by atoms with Crippen molar-refractivity contribution in [3.63, 3.8) is 0 Å². The Kier molecular flexibility index (Phi) is 2.62. The molecule has 4 rings (SSSR count). The van der Waals surface area contributed by atoms with Gasteiger partial charge in [-0.3, -0.25) is 4.40 Å². The number of benzene rings is 2. The Bertz CT molecular complexity index is 964. The number of imidazole rings is 1. The van der Waals surface area contributed by atoms with E-state index >= 15 is 0 Å². The van der Waals surface area contributed by atoms with E-state index in [-0.39, 0.29) is 5.82 Å². The van der Waals surface area contributed by atoms with Crippen LogP contribution in [0, 0.1) is 19.7 Å². The monoisotopic (exact) mass is 296 g/mol. The average Bonchev–Trinajstić information content (AvgIpc) is 2.96. The van der Waals surface area contributed by atoms with Crippen LogP contribution in [0.1, 0.15) is 11.3 Å². The van der Waals surface area contributed by atoms with Gasteiger partial charge in [0.2, 0.25) is 0 Å². The van der Waals surface area contributed by atoms with E-state index in [9.17, 15) is 4.39 Å². The van der Waals surface area contributed by atoms with Crippen molar-refractivity contribution in [2.24, 2.45) is 0 Å². The van der Waals surface area contributed by atoms with Crippen LogP contribution in [0.2, 0.25) is 0 Å². The minimum Gasteiger partial charge on any atom is -0.287 e. The van der Waals surface area contributed by atoms with Gasteiger partial charge in [0.25, 0.3) is 0 Å². The van der Waals surface area contributed by atoms with Crippen LogP contribution < -0.4 is 0 Å². The first-order chi connectivity index (χ1) is 10.1. The molecule has 0 bridgehead atoms. The van der Waals surface area contributed by atoms with Crippen molar-refractivity contribution in [2.45, 2.75) is 13.8 Å². The molecule has 0 N–H and O–H groups in total. The summed E-state index contributed by atoms with van der Waals surface area (Å²) in [5, 5.41) is 0. The van der Waals surface area contributed by atoms with Gasteiger partial charge in [0.1, 0.15) is 5.82 Å². The maximum atomic E-state index is 13.1. The summed E-state index contributed by atoms with van der Waals surface area (Å²) in [6, 6.07) is 12.9. The SMILES string of the molecule is Cc1ccc2c(c1)sc1nc(-c3ccc(F)cc3)c(C)n12. The molecule has 0 amide bonds. The van der Waals surface area contributed by atoms with Crippen LogP contribution in [0.25, 0.3) is 26.4 Å². The Hall–Kier alpha value is -2.20. The third-order valence-corrected chi connectivity index (χ3v) is 4.76. The van der Waals surface area contributed by atoms with Crippen LogP contribution in [0.4, 0.5) is 4.39 Å². The van der Waals surface area contributed by atoms with Crippen molar-refractivity contribution in [1.29, 1.82) is 0 Å². The molecule has 104 valence electrons. The van der Waals surface area contributed by atoms with Crippen LogP contribution in [0.5, 0.6) is 0 Å². The highest BCUT2D eigenvalue weighted by molar-refractivity contribution is 7.23. The fourth-order valence-corrected chi connectivity index (χ4v) is 3.86. The standard InChI is InChI=1S/C17H13FN2S/c1-10-3-8-14-15(9-10)21-17-19-16(11(2)20(14)17)12-4-6-13(18)7-5-12/h3-9H,1-2H3. The molecule has 4 heteroatoms. The van der Waals surface area contributed by atoms with Crippen molar-refractivity contribution < 1.29 is 4.39 Å². The number of hydrogen-bond acceptors (Lipinski definition) is 2. The highest BCUT2D eigenvalue weighted by Crippen LogP contribution is 2.32. The summed E-state index contributed by atoms with van der Waals surface area (Å²) < 4.78 is 16.5. The van der Waals surface area contributed by atoms with E-state index in [1.54, 1.807) is 23.5 Å². The van der Waals surface area contributed by atoms with Crippen LogP contribution >= 0.6 is 11.3 Å². The van der Waals surface area contributed by atoms with Crippen LogP contribution in [-0.4, -0.2) is 9.38 Å². The molecular formula is C17H13FN2S. The second kappa shape index (κ2) is 4.40. The maximum Gasteiger partial charge on any atom is 0.195 e. The Labute approximate surface area is 125 Å². The topological polar surface area (TPSA) is 17.3 Å². The molecule has 0 fully saturated rings. The predicted molar refractivity (Wildman–Crippen MR) is 85.4 cm³/mol. The number of aryl methyl sites for hydroxylation is 2. The lowest BCUT2D eigenvalue weighted by Gasteiger charge is -2.00. The first-order valence-electron chi connectivity index (χ1n) is 6.77. The number of fused-ring (bicyclic) bond motifs is 3. The Balaban J connectivity index is 2.00. The van der Waals surface area contributed by atoms with Crippen molar-refractivity contribution in [2.75, 3.05) is 0 Å². The summed E-state index contributed by atoms with van der Waals surface area (Å²) in [5.41, 5.74) is 5.39. The van der Waals surface area contributed by atoms with E-state index in [1.165, 1.54) is 27.9 Å². The van der Waals surface area contributed by atoms with E-state index in [2.05, 4.69) is 36.4 Å². The largest absolute Gasteiger partial charge is 0.287 e. The lowest BCUT2D eigenvalue weighted by atomic mass is 10.1. The number of thiazole rings is 1. The summed E-state index contributed by atoms with van der Waals surface area (Å²) >= 11 is 1.69. The van der Waals surface area contributed by atoms with Gasteiger partial charge in [-0.1, -0.05) is 17.4 Å². The van der Waals surface area contributed by atoms with Gasteiger partial charge in [0, 0.05) is 11.3 Å². The van der Waals surface area contributed by atoms with Gasteiger partial charge in [-0.05, 0) is 55.8 Å². The van der Waals surface area contributed by atoms with E-state index < -0.39 is 0 Å². The molecule has 2 aromatic carbocycles. The molecule has 0 aliphatic heterocycles. The molecule has 0 aliphatic carbocycles. The fraction of sp³-hybridized carbons (Fsp3) is 0.118. The molecule has 4 aromatic rings. The summed E-state index contributed by atoms with van der Waals surface area (Å²) in [4.78, 5) is 5.72. The zero-order valence-corrected chi connectivity index (χ0v) is 12.5. The van der Waals surface area contributed by atoms with Crippen molar-refractivity contribution in [1.82, 2.24) is 9.38 Å².